The highest BCUT2D eigenvalue weighted by Crippen LogP contribution is 2.44. The molecule has 1 amide bonds. The van der Waals surface area contributed by atoms with Crippen molar-refractivity contribution in [3.8, 4) is 0 Å². The molecule has 31 heavy (non-hydrogen) atoms. The molecule has 1 N–H and O–H groups in total. The molecule has 0 spiro atoms. The normalized spacial score (nSPS) is 24.1. The first-order chi connectivity index (χ1) is 15.2. The Morgan fingerprint density at radius 1 is 1.16 bits per heavy atom. The number of likely N-dealkylation sites (tertiary alicyclic amines) is 1. The van der Waals surface area contributed by atoms with Gasteiger partial charge in [0.25, 0.3) is 5.91 Å². The minimum atomic E-state index is -0.0184. The van der Waals surface area contributed by atoms with Gasteiger partial charge in [-0.2, -0.15) is 0 Å². The number of amides is 1. The summed E-state index contributed by atoms with van der Waals surface area (Å²) >= 11 is 1.80. The maximum absolute atomic E-state index is 12.6. The average molecular weight is 434 g/mol. The van der Waals surface area contributed by atoms with Crippen LogP contribution >= 0.6 is 11.3 Å². The van der Waals surface area contributed by atoms with Gasteiger partial charge in [-0.15, -0.1) is 11.3 Å². The van der Waals surface area contributed by atoms with E-state index in [-0.39, 0.29) is 5.91 Å². The summed E-state index contributed by atoms with van der Waals surface area (Å²) in [4.78, 5) is 20.2. The van der Waals surface area contributed by atoms with E-state index in [4.69, 9.17) is 4.98 Å². The van der Waals surface area contributed by atoms with E-state index in [2.05, 4.69) is 35.3 Å². The van der Waals surface area contributed by atoms with E-state index in [0.29, 0.717) is 18.0 Å². The second-order valence-electron chi connectivity index (χ2n) is 9.13. The third-order valence-electron chi connectivity index (χ3n) is 6.99. The predicted octanol–water partition coefficient (Wildman–Crippen LogP) is 5.39. The molecule has 4 nitrogen and oxygen atoms in total. The number of fused-ring (bicyclic) bond motifs is 1. The van der Waals surface area contributed by atoms with Gasteiger partial charge in [-0.1, -0.05) is 36.8 Å². The van der Waals surface area contributed by atoms with Crippen molar-refractivity contribution in [2.24, 2.45) is 0 Å². The lowest BCUT2D eigenvalue weighted by atomic mass is 9.78. The Morgan fingerprint density at radius 2 is 2.00 bits per heavy atom. The second kappa shape index (κ2) is 9.09. The summed E-state index contributed by atoms with van der Waals surface area (Å²) in [5, 5.41) is 4.29. The molecule has 0 bridgehead atoms. The van der Waals surface area contributed by atoms with Gasteiger partial charge < -0.3 is 5.32 Å². The summed E-state index contributed by atoms with van der Waals surface area (Å²) < 4.78 is 1.19. The molecule has 2 aliphatic rings. The van der Waals surface area contributed by atoms with E-state index in [1.165, 1.54) is 53.9 Å². The number of rotatable bonds is 6. The number of carbonyl (C=O) groups excluding carboxylic acids is 1. The third-order valence-corrected chi connectivity index (χ3v) is 8.19. The Kier molecular flexibility index (Phi) is 6.06. The minimum absolute atomic E-state index is 0.0184. The van der Waals surface area contributed by atoms with Crippen molar-refractivity contribution >= 4 is 27.5 Å². The molecule has 1 aliphatic heterocycles. The fourth-order valence-electron chi connectivity index (χ4n) is 5.05. The van der Waals surface area contributed by atoms with Crippen LogP contribution in [0.1, 0.15) is 65.9 Å². The van der Waals surface area contributed by atoms with Gasteiger partial charge in [0.2, 0.25) is 0 Å². The second-order valence-corrected chi connectivity index (χ2v) is 10.2. The molecule has 2 heterocycles. The smallest absolute Gasteiger partial charge is 0.251 e. The highest BCUT2D eigenvalue weighted by Gasteiger charge is 2.38. The molecule has 2 fully saturated rings. The first-order valence-corrected chi connectivity index (χ1v) is 12.5. The van der Waals surface area contributed by atoms with Crippen LogP contribution in [0.15, 0.2) is 48.5 Å². The number of carbonyl (C=O) groups is 1. The van der Waals surface area contributed by atoms with Crippen LogP contribution in [0.3, 0.4) is 0 Å². The molecule has 1 unspecified atom stereocenters. The fraction of sp³-hybridized carbons (Fsp3) is 0.462. The summed E-state index contributed by atoms with van der Waals surface area (Å²) in [6.07, 6.45) is 7.39. The van der Waals surface area contributed by atoms with Gasteiger partial charge in [-0.25, -0.2) is 4.98 Å². The first kappa shape index (κ1) is 20.7. The van der Waals surface area contributed by atoms with Crippen molar-refractivity contribution in [1.29, 1.82) is 0 Å². The van der Waals surface area contributed by atoms with Crippen LogP contribution in [0.2, 0.25) is 0 Å². The van der Waals surface area contributed by atoms with Crippen LogP contribution in [0, 0.1) is 0 Å². The fourth-order valence-corrected chi connectivity index (χ4v) is 6.12. The SMILES string of the molecule is CC1CCCCN1C1CC(c2nc3cc(C(=O)NCCc4ccccc4)ccc3s2)C1. The summed E-state index contributed by atoms with van der Waals surface area (Å²) in [5.41, 5.74) is 2.90. The maximum Gasteiger partial charge on any atom is 0.251 e. The van der Waals surface area contributed by atoms with E-state index in [1.54, 1.807) is 11.3 Å². The van der Waals surface area contributed by atoms with Crippen LogP contribution in [0.5, 0.6) is 0 Å². The molecule has 2 aromatic carbocycles. The lowest BCUT2D eigenvalue weighted by Crippen LogP contribution is -2.50. The van der Waals surface area contributed by atoms with Gasteiger partial charge in [0, 0.05) is 30.1 Å². The Hall–Kier alpha value is -2.24. The summed E-state index contributed by atoms with van der Waals surface area (Å²) in [6.45, 7) is 4.29. The zero-order chi connectivity index (χ0) is 21.2. The van der Waals surface area contributed by atoms with Crippen molar-refractivity contribution in [2.75, 3.05) is 13.1 Å². The molecule has 5 rings (SSSR count). The largest absolute Gasteiger partial charge is 0.352 e. The van der Waals surface area contributed by atoms with Gasteiger partial charge in [-0.3, -0.25) is 9.69 Å². The number of hydrogen-bond donors (Lipinski definition) is 1. The molecule has 5 heteroatoms. The molecule has 0 radical (unpaired) electrons. The van der Waals surface area contributed by atoms with Gasteiger partial charge in [-0.05, 0) is 69.3 Å². The van der Waals surface area contributed by atoms with Crippen molar-refractivity contribution in [3.63, 3.8) is 0 Å². The Bertz CT molecular complexity index is 1040. The van der Waals surface area contributed by atoms with E-state index in [1.807, 2.05) is 30.3 Å². The molecular weight excluding hydrogens is 402 g/mol. The molecule has 1 aliphatic carbocycles. The number of thiazole rings is 1. The number of benzene rings is 2. The summed E-state index contributed by atoms with van der Waals surface area (Å²) in [5.74, 6) is 0.565. The van der Waals surface area contributed by atoms with Gasteiger partial charge in [0.15, 0.2) is 0 Å². The van der Waals surface area contributed by atoms with E-state index in [9.17, 15) is 4.79 Å². The van der Waals surface area contributed by atoms with Gasteiger partial charge >= 0.3 is 0 Å². The zero-order valence-corrected chi connectivity index (χ0v) is 19.0. The minimum Gasteiger partial charge on any atom is -0.352 e. The highest BCUT2D eigenvalue weighted by atomic mass is 32.1. The topological polar surface area (TPSA) is 45.2 Å². The summed E-state index contributed by atoms with van der Waals surface area (Å²) in [7, 11) is 0. The Labute approximate surface area is 188 Å². The quantitative estimate of drug-likeness (QED) is 0.567. The van der Waals surface area contributed by atoms with Crippen LogP contribution in [0.25, 0.3) is 10.2 Å². The van der Waals surface area contributed by atoms with Crippen LogP contribution in [-0.2, 0) is 6.42 Å². The number of nitrogens with one attached hydrogen (secondary N) is 1. The lowest BCUT2D eigenvalue weighted by molar-refractivity contribution is 0.0480. The number of piperidine rings is 1. The van der Waals surface area contributed by atoms with E-state index < -0.39 is 0 Å². The molecule has 162 valence electrons. The third kappa shape index (κ3) is 4.53. The zero-order valence-electron chi connectivity index (χ0n) is 18.2. The standard InChI is InChI=1S/C26H31N3OS/c1-18-7-5-6-14-29(18)22-15-21(16-22)26-28-23-17-20(10-11-24(23)31-26)25(30)27-13-12-19-8-3-2-4-9-19/h2-4,8-11,17-18,21-22H,5-7,12-16H2,1H3,(H,27,30). The van der Waals surface area contributed by atoms with Crippen molar-refractivity contribution < 1.29 is 4.79 Å². The molecule has 1 saturated heterocycles. The van der Waals surface area contributed by atoms with Crippen molar-refractivity contribution in [1.82, 2.24) is 15.2 Å². The van der Waals surface area contributed by atoms with Gasteiger partial charge in [0.1, 0.15) is 0 Å². The number of aromatic nitrogens is 1. The van der Waals surface area contributed by atoms with Crippen molar-refractivity contribution in [3.05, 3.63) is 64.7 Å². The predicted molar refractivity (Wildman–Crippen MR) is 128 cm³/mol. The first-order valence-electron chi connectivity index (χ1n) is 11.7. The molecule has 1 aromatic heterocycles. The molecule has 3 aromatic rings. The van der Waals surface area contributed by atoms with E-state index >= 15 is 0 Å². The summed E-state index contributed by atoms with van der Waals surface area (Å²) in [6, 6.07) is 17.7. The van der Waals surface area contributed by atoms with Crippen LogP contribution in [-0.4, -0.2) is 41.0 Å². The molecular formula is C26H31N3OS. The maximum atomic E-state index is 12.6. The van der Waals surface area contributed by atoms with Gasteiger partial charge in [0.05, 0.1) is 15.2 Å². The monoisotopic (exact) mass is 433 g/mol. The van der Waals surface area contributed by atoms with Crippen molar-refractivity contribution in [2.45, 2.75) is 63.5 Å². The molecule has 1 atom stereocenters. The van der Waals surface area contributed by atoms with Crippen LogP contribution < -0.4 is 5.32 Å². The lowest BCUT2D eigenvalue weighted by Gasteiger charge is -2.47. The Morgan fingerprint density at radius 3 is 2.81 bits per heavy atom. The number of nitrogens with zero attached hydrogens (tertiary/aromatic N) is 2. The highest BCUT2D eigenvalue weighted by molar-refractivity contribution is 7.18. The van der Waals surface area contributed by atoms with Crippen LogP contribution in [0.4, 0.5) is 0 Å². The number of hydrogen-bond acceptors (Lipinski definition) is 4. The molecule has 1 saturated carbocycles. The van der Waals surface area contributed by atoms with E-state index in [0.717, 1.165) is 24.0 Å². The average Bonchev–Trinajstić information content (AvgIpc) is 3.17. The Balaban J connectivity index is 1.19.